The molecular weight excluding hydrogens is 370 g/mol. The van der Waals surface area contributed by atoms with Crippen LogP contribution in [0, 0.1) is 0 Å². The van der Waals surface area contributed by atoms with Crippen LogP contribution in [0.3, 0.4) is 0 Å². The lowest BCUT2D eigenvalue weighted by Gasteiger charge is -2.27. The molecule has 0 bridgehead atoms. The van der Waals surface area contributed by atoms with Gasteiger partial charge in [0.1, 0.15) is 4.70 Å². The van der Waals surface area contributed by atoms with Crippen molar-refractivity contribution in [2.45, 2.75) is 6.42 Å². The van der Waals surface area contributed by atoms with E-state index in [2.05, 4.69) is 23.2 Å². The molecule has 0 unspecified atom stereocenters. The van der Waals surface area contributed by atoms with Crippen LogP contribution in [0.2, 0.25) is 0 Å². The number of nitrogens with zero attached hydrogens (tertiary/aromatic N) is 3. The van der Waals surface area contributed by atoms with Crippen LogP contribution in [0.4, 0.5) is 0 Å². The molecule has 138 valence electrons. The van der Waals surface area contributed by atoms with Gasteiger partial charge in [-0.3, -0.25) is 14.0 Å². The lowest BCUT2D eigenvalue weighted by Crippen LogP contribution is -2.35. The number of hydrogen-bond donors (Lipinski definition) is 0. The Balaban J connectivity index is 1.51. The van der Waals surface area contributed by atoms with E-state index >= 15 is 0 Å². The number of amides is 1. The van der Waals surface area contributed by atoms with Crippen molar-refractivity contribution in [1.29, 1.82) is 0 Å². The molecule has 3 aromatic heterocycles. The number of carbonyl (C=O) groups excluding carboxylic acids is 1. The van der Waals surface area contributed by atoms with E-state index in [1.165, 1.54) is 26.9 Å². The van der Waals surface area contributed by atoms with Crippen molar-refractivity contribution in [3.63, 3.8) is 0 Å². The largest absolute Gasteiger partial charge is 0.334 e. The minimum Gasteiger partial charge on any atom is -0.334 e. The fraction of sp³-hybridized carbons (Fsp3) is 0.136. The van der Waals surface area contributed by atoms with Crippen LogP contribution < -0.4 is 5.56 Å². The minimum absolute atomic E-state index is 0.0945. The third kappa shape index (κ3) is 2.73. The third-order valence-electron chi connectivity index (χ3n) is 5.12. The summed E-state index contributed by atoms with van der Waals surface area (Å²) in [5.74, 6) is -0.0945. The molecule has 28 heavy (non-hydrogen) atoms. The number of hydrogen-bond acceptors (Lipinski definition) is 4. The highest BCUT2D eigenvalue weighted by atomic mass is 32.1. The predicted molar refractivity (Wildman–Crippen MR) is 112 cm³/mol. The number of benzene rings is 1. The summed E-state index contributed by atoms with van der Waals surface area (Å²) in [6, 6.07) is 15.5. The number of aromatic nitrogens is 2. The summed E-state index contributed by atoms with van der Waals surface area (Å²) >= 11 is 1.37. The van der Waals surface area contributed by atoms with Gasteiger partial charge in [0.2, 0.25) is 0 Å². The molecule has 0 aliphatic carbocycles. The average molecular weight is 387 g/mol. The molecule has 1 aromatic carbocycles. The molecule has 0 spiro atoms. The maximum Gasteiger partial charge on any atom is 0.275 e. The van der Waals surface area contributed by atoms with Gasteiger partial charge in [0.05, 0.1) is 11.1 Å². The van der Waals surface area contributed by atoms with Gasteiger partial charge in [0.15, 0.2) is 5.65 Å². The van der Waals surface area contributed by atoms with Crippen molar-refractivity contribution in [1.82, 2.24) is 14.3 Å². The molecule has 0 radical (unpaired) electrons. The van der Waals surface area contributed by atoms with Gasteiger partial charge in [-0.05, 0) is 41.1 Å². The first-order chi connectivity index (χ1) is 13.7. The molecule has 1 amide bonds. The second kappa shape index (κ2) is 6.73. The topological polar surface area (TPSA) is 54.7 Å². The van der Waals surface area contributed by atoms with E-state index in [-0.39, 0.29) is 11.5 Å². The summed E-state index contributed by atoms with van der Waals surface area (Å²) < 4.78 is 2.08. The number of fused-ring (bicyclic) bond motifs is 2. The van der Waals surface area contributed by atoms with E-state index in [1.54, 1.807) is 18.3 Å². The smallest absolute Gasteiger partial charge is 0.275 e. The van der Waals surface area contributed by atoms with Crippen LogP contribution in [-0.2, 0) is 0 Å². The normalized spacial score (nSPS) is 14.4. The molecule has 5 rings (SSSR count). The van der Waals surface area contributed by atoms with Crippen molar-refractivity contribution in [3.8, 4) is 0 Å². The molecule has 1 aliphatic heterocycles. The summed E-state index contributed by atoms with van der Waals surface area (Å²) in [5, 5.41) is 1.85. The standard InChI is InChI=1S/C22H17N3O2S/c26-21(24-12-8-16(9-13-24)15-5-2-1-3-6-15)17-7-4-11-25-20(17)23-18-10-14-28-19(18)22(25)27/h1-8,10-11,14H,9,12-13H2. The SMILES string of the molecule is O=C(c1cccn2c(=O)c3sccc3nc12)N1CC=C(c2ccccc2)CC1. The monoisotopic (exact) mass is 387 g/mol. The predicted octanol–water partition coefficient (Wildman–Crippen LogP) is 3.84. The van der Waals surface area contributed by atoms with E-state index in [9.17, 15) is 9.59 Å². The zero-order valence-electron chi connectivity index (χ0n) is 15.0. The van der Waals surface area contributed by atoms with Crippen LogP contribution in [0.5, 0.6) is 0 Å². The summed E-state index contributed by atoms with van der Waals surface area (Å²) in [7, 11) is 0. The lowest BCUT2D eigenvalue weighted by molar-refractivity contribution is 0.0774. The molecule has 5 nitrogen and oxygen atoms in total. The Morgan fingerprint density at radius 3 is 2.71 bits per heavy atom. The molecule has 4 aromatic rings. The van der Waals surface area contributed by atoms with Crippen LogP contribution in [0.15, 0.2) is 71.0 Å². The number of thiophene rings is 1. The molecule has 0 atom stereocenters. The molecule has 0 N–H and O–H groups in total. The Morgan fingerprint density at radius 1 is 1.07 bits per heavy atom. The summed E-state index contributed by atoms with van der Waals surface area (Å²) in [6.45, 7) is 1.20. The zero-order valence-corrected chi connectivity index (χ0v) is 15.9. The first-order valence-corrected chi connectivity index (χ1v) is 10.0. The first kappa shape index (κ1) is 16.9. The van der Waals surface area contributed by atoms with Crippen molar-refractivity contribution in [3.05, 3.63) is 87.7 Å². The van der Waals surface area contributed by atoms with Crippen molar-refractivity contribution in [2.24, 2.45) is 0 Å². The summed E-state index contributed by atoms with van der Waals surface area (Å²) in [4.78, 5) is 32.3. The number of pyridine rings is 1. The Bertz CT molecular complexity index is 1290. The van der Waals surface area contributed by atoms with Crippen LogP contribution in [-0.4, -0.2) is 33.3 Å². The van der Waals surface area contributed by atoms with Gasteiger partial charge in [-0.15, -0.1) is 11.3 Å². The van der Waals surface area contributed by atoms with Gasteiger partial charge in [0.25, 0.3) is 11.5 Å². The highest BCUT2D eigenvalue weighted by Crippen LogP contribution is 2.24. The van der Waals surface area contributed by atoms with E-state index in [0.29, 0.717) is 34.5 Å². The zero-order chi connectivity index (χ0) is 19.1. The van der Waals surface area contributed by atoms with Gasteiger partial charge in [-0.1, -0.05) is 36.4 Å². The minimum atomic E-state index is -0.130. The maximum atomic E-state index is 13.2. The van der Waals surface area contributed by atoms with Crippen molar-refractivity contribution < 1.29 is 4.79 Å². The second-order valence-electron chi connectivity index (χ2n) is 6.76. The van der Waals surface area contributed by atoms with E-state index in [4.69, 9.17) is 0 Å². The third-order valence-corrected chi connectivity index (χ3v) is 6.01. The Labute approximate surface area is 165 Å². The average Bonchev–Trinajstić information content (AvgIpc) is 3.23. The van der Waals surface area contributed by atoms with E-state index in [0.717, 1.165) is 6.42 Å². The maximum absolute atomic E-state index is 13.2. The summed E-state index contributed by atoms with van der Waals surface area (Å²) in [5.41, 5.74) is 3.85. The number of rotatable bonds is 2. The molecule has 1 aliphatic rings. The Hall–Kier alpha value is -3.25. The molecule has 0 saturated carbocycles. The fourth-order valence-electron chi connectivity index (χ4n) is 3.66. The van der Waals surface area contributed by atoms with Crippen molar-refractivity contribution in [2.75, 3.05) is 13.1 Å². The van der Waals surface area contributed by atoms with Gasteiger partial charge in [0, 0.05) is 19.3 Å². The van der Waals surface area contributed by atoms with Crippen LogP contribution >= 0.6 is 11.3 Å². The first-order valence-electron chi connectivity index (χ1n) is 9.15. The second-order valence-corrected chi connectivity index (χ2v) is 7.68. The van der Waals surface area contributed by atoms with Gasteiger partial charge >= 0.3 is 0 Å². The molecule has 6 heteroatoms. The molecule has 0 saturated heterocycles. The quantitative estimate of drug-likeness (QED) is 0.525. The highest BCUT2D eigenvalue weighted by Gasteiger charge is 2.22. The van der Waals surface area contributed by atoms with Crippen molar-refractivity contribution >= 4 is 38.7 Å². The Kier molecular flexibility index (Phi) is 4.06. The van der Waals surface area contributed by atoms with Crippen LogP contribution in [0.25, 0.3) is 21.4 Å². The molecular formula is C22H17N3O2S. The van der Waals surface area contributed by atoms with E-state index in [1.807, 2.05) is 34.5 Å². The lowest BCUT2D eigenvalue weighted by atomic mass is 9.99. The van der Waals surface area contributed by atoms with E-state index < -0.39 is 0 Å². The highest BCUT2D eigenvalue weighted by molar-refractivity contribution is 7.17. The van der Waals surface area contributed by atoms with Gasteiger partial charge < -0.3 is 4.90 Å². The fourth-order valence-corrected chi connectivity index (χ4v) is 4.42. The Morgan fingerprint density at radius 2 is 1.93 bits per heavy atom. The molecule has 4 heterocycles. The summed E-state index contributed by atoms with van der Waals surface area (Å²) in [6.07, 6.45) is 4.59. The molecule has 0 fully saturated rings. The van der Waals surface area contributed by atoms with Gasteiger partial charge in [-0.25, -0.2) is 4.98 Å². The van der Waals surface area contributed by atoms with Gasteiger partial charge in [-0.2, -0.15) is 0 Å². The number of carbonyl (C=O) groups is 1. The van der Waals surface area contributed by atoms with Crippen LogP contribution in [0.1, 0.15) is 22.3 Å².